The van der Waals surface area contributed by atoms with Gasteiger partial charge < -0.3 is 14.1 Å². The summed E-state index contributed by atoms with van der Waals surface area (Å²) in [4.78, 5) is 25.2. The molecule has 5 nitrogen and oxygen atoms in total. The van der Waals surface area contributed by atoms with Crippen LogP contribution in [-0.4, -0.2) is 31.5 Å². The highest BCUT2D eigenvalue weighted by Gasteiger charge is 2.21. The van der Waals surface area contributed by atoms with Gasteiger partial charge in [-0.1, -0.05) is 0 Å². The topological polar surface area (TPSA) is 59.8 Å². The fraction of sp³-hybridized carbons (Fsp3) is 0.412. The second kappa shape index (κ2) is 5.48. The lowest BCUT2D eigenvalue weighted by Gasteiger charge is -2.14. The second-order valence-electron chi connectivity index (χ2n) is 5.84. The third-order valence-corrected chi connectivity index (χ3v) is 4.19. The smallest absolute Gasteiger partial charge is 0.339 e. The number of ether oxygens (including phenoxy) is 1. The fourth-order valence-corrected chi connectivity index (χ4v) is 2.89. The van der Waals surface area contributed by atoms with Crippen molar-refractivity contribution in [3.05, 3.63) is 39.2 Å². The zero-order valence-corrected chi connectivity index (χ0v) is 13.1. The third kappa shape index (κ3) is 2.36. The van der Waals surface area contributed by atoms with Gasteiger partial charge in [-0.15, -0.1) is 0 Å². The highest BCUT2D eigenvalue weighted by molar-refractivity contribution is 5.86. The van der Waals surface area contributed by atoms with Crippen LogP contribution in [0.25, 0.3) is 11.0 Å². The van der Waals surface area contributed by atoms with E-state index in [2.05, 4.69) is 0 Å². The lowest BCUT2D eigenvalue weighted by atomic mass is 10.0. The van der Waals surface area contributed by atoms with Crippen LogP contribution in [0.2, 0.25) is 0 Å². The number of carbonyl (C=O) groups is 1. The largest absolute Gasteiger partial charge is 0.483 e. The molecule has 3 rings (SSSR count). The van der Waals surface area contributed by atoms with E-state index in [1.54, 1.807) is 14.1 Å². The molecule has 2 aromatic rings. The molecular formula is C17H19NO4. The zero-order valence-electron chi connectivity index (χ0n) is 13.1. The Morgan fingerprint density at radius 3 is 2.73 bits per heavy atom. The Morgan fingerprint density at radius 2 is 2.00 bits per heavy atom. The van der Waals surface area contributed by atoms with Crippen LogP contribution < -0.4 is 10.4 Å². The van der Waals surface area contributed by atoms with Crippen LogP contribution in [0, 0.1) is 6.92 Å². The molecule has 1 amide bonds. The minimum absolute atomic E-state index is 0.0332. The van der Waals surface area contributed by atoms with E-state index in [4.69, 9.17) is 9.15 Å². The Balaban J connectivity index is 2.02. The maximum Gasteiger partial charge on any atom is 0.339 e. The van der Waals surface area contributed by atoms with Crippen molar-refractivity contribution in [2.24, 2.45) is 0 Å². The predicted octanol–water partition coefficient (Wildman–Crippen LogP) is 2.06. The number of aryl methyl sites for hydroxylation is 2. The van der Waals surface area contributed by atoms with Crippen molar-refractivity contribution in [3.63, 3.8) is 0 Å². The molecule has 1 heterocycles. The number of hydrogen-bond donors (Lipinski definition) is 0. The van der Waals surface area contributed by atoms with E-state index in [0.717, 1.165) is 41.3 Å². The van der Waals surface area contributed by atoms with E-state index in [0.29, 0.717) is 11.3 Å². The quantitative estimate of drug-likeness (QED) is 0.814. The highest BCUT2D eigenvalue weighted by atomic mass is 16.5. The molecule has 0 unspecified atom stereocenters. The maximum absolute atomic E-state index is 12.1. The van der Waals surface area contributed by atoms with Crippen molar-refractivity contribution in [3.8, 4) is 5.75 Å². The lowest BCUT2D eigenvalue weighted by Crippen LogP contribution is -2.27. The molecule has 0 aliphatic heterocycles. The van der Waals surface area contributed by atoms with E-state index in [1.807, 2.05) is 19.1 Å². The number of hydrogen-bond acceptors (Lipinski definition) is 4. The van der Waals surface area contributed by atoms with Crippen molar-refractivity contribution >= 4 is 16.9 Å². The van der Waals surface area contributed by atoms with Crippen LogP contribution in [0.1, 0.15) is 23.1 Å². The first-order valence-corrected chi connectivity index (χ1v) is 7.40. The molecule has 0 N–H and O–H groups in total. The third-order valence-electron chi connectivity index (χ3n) is 4.19. The summed E-state index contributed by atoms with van der Waals surface area (Å²) in [5.41, 5.74) is 2.99. The molecule has 1 aromatic carbocycles. The second-order valence-corrected chi connectivity index (χ2v) is 5.84. The molecule has 0 saturated carbocycles. The van der Waals surface area contributed by atoms with Gasteiger partial charge in [0.1, 0.15) is 11.3 Å². The summed E-state index contributed by atoms with van der Waals surface area (Å²) in [5.74, 6) is 0.457. The minimum atomic E-state index is -0.246. The van der Waals surface area contributed by atoms with Gasteiger partial charge in [0, 0.05) is 30.6 Å². The van der Waals surface area contributed by atoms with Crippen LogP contribution in [0.5, 0.6) is 5.75 Å². The van der Waals surface area contributed by atoms with Gasteiger partial charge >= 0.3 is 5.63 Å². The molecule has 5 heteroatoms. The Bertz CT molecular complexity index is 804. The standard InChI is InChI=1S/C17H19NO4/c1-10-14(21-9-15(19)18(2)3)8-7-12-11-5-4-6-13(11)17(20)22-16(10)12/h7-8H,4-6,9H2,1-3H3. The lowest BCUT2D eigenvalue weighted by molar-refractivity contribution is -0.130. The normalized spacial score (nSPS) is 13.2. The summed E-state index contributed by atoms with van der Waals surface area (Å²) < 4.78 is 11.1. The maximum atomic E-state index is 12.1. The van der Waals surface area contributed by atoms with Crippen LogP contribution in [0.15, 0.2) is 21.3 Å². The SMILES string of the molecule is Cc1c(OCC(=O)N(C)C)ccc2c3c(c(=O)oc12)CCC3. The number of fused-ring (bicyclic) bond motifs is 3. The average Bonchev–Trinajstić information content (AvgIpc) is 2.97. The predicted molar refractivity (Wildman–Crippen MR) is 83.4 cm³/mol. The van der Waals surface area contributed by atoms with Crippen molar-refractivity contribution in [2.45, 2.75) is 26.2 Å². The van der Waals surface area contributed by atoms with Gasteiger partial charge in [0.05, 0.1) is 0 Å². The summed E-state index contributed by atoms with van der Waals surface area (Å²) in [6.07, 6.45) is 2.70. The van der Waals surface area contributed by atoms with Gasteiger partial charge in [0.15, 0.2) is 6.61 Å². The van der Waals surface area contributed by atoms with Gasteiger partial charge in [0.2, 0.25) is 0 Å². The van der Waals surface area contributed by atoms with Crippen molar-refractivity contribution < 1.29 is 13.9 Å². The molecule has 0 fully saturated rings. The molecular weight excluding hydrogens is 282 g/mol. The first kappa shape index (κ1) is 14.6. The molecule has 22 heavy (non-hydrogen) atoms. The van der Waals surface area contributed by atoms with Gasteiger partial charge in [-0.3, -0.25) is 4.79 Å². The molecule has 0 atom stereocenters. The minimum Gasteiger partial charge on any atom is -0.483 e. The fourth-order valence-electron chi connectivity index (χ4n) is 2.89. The Morgan fingerprint density at radius 1 is 1.27 bits per heavy atom. The van der Waals surface area contributed by atoms with Gasteiger partial charge in [-0.25, -0.2) is 4.79 Å². The molecule has 0 bridgehead atoms. The van der Waals surface area contributed by atoms with Gasteiger partial charge in [-0.2, -0.15) is 0 Å². The van der Waals surface area contributed by atoms with Crippen molar-refractivity contribution in [1.82, 2.24) is 4.90 Å². The molecule has 0 radical (unpaired) electrons. The summed E-state index contributed by atoms with van der Waals surface area (Å²) in [6.45, 7) is 1.82. The number of amides is 1. The number of likely N-dealkylation sites (N-methyl/N-ethyl adjacent to an activating group) is 1. The number of nitrogens with zero attached hydrogens (tertiary/aromatic N) is 1. The Kier molecular flexibility index (Phi) is 3.64. The van der Waals surface area contributed by atoms with E-state index in [1.165, 1.54) is 4.90 Å². The highest BCUT2D eigenvalue weighted by Crippen LogP contribution is 2.32. The molecule has 0 spiro atoms. The van der Waals surface area contributed by atoms with E-state index in [-0.39, 0.29) is 18.1 Å². The van der Waals surface area contributed by atoms with E-state index in [9.17, 15) is 9.59 Å². The monoisotopic (exact) mass is 301 g/mol. The molecule has 1 aromatic heterocycles. The van der Waals surface area contributed by atoms with Crippen LogP contribution in [0.3, 0.4) is 0 Å². The molecule has 116 valence electrons. The first-order valence-electron chi connectivity index (χ1n) is 7.40. The Hall–Kier alpha value is -2.30. The zero-order chi connectivity index (χ0) is 15.9. The number of carbonyl (C=O) groups excluding carboxylic acids is 1. The summed E-state index contributed by atoms with van der Waals surface area (Å²) in [7, 11) is 3.36. The van der Waals surface area contributed by atoms with Gasteiger partial charge in [-0.05, 0) is 43.9 Å². The van der Waals surface area contributed by atoms with Crippen LogP contribution in [0.4, 0.5) is 0 Å². The van der Waals surface area contributed by atoms with Crippen molar-refractivity contribution in [1.29, 1.82) is 0 Å². The Labute approximate surface area is 128 Å². The summed E-state index contributed by atoms with van der Waals surface area (Å²) >= 11 is 0. The van der Waals surface area contributed by atoms with Crippen molar-refractivity contribution in [2.75, 3.05) is 20.7 Å². The summed E-state index contributed by atoms with van der Waals surface area (Å²) in [6, 6.07) is 3.77. The molecule has 0 saturated heterocycles. The number of rotatable bonds is 3. The first-order chi connectivity index (χ1) is 10.5. The van der Waals surface area contributed by atoms with Crippen LogP contribution in [-0.2, 0) is 17.6 Å². The van der Waals surface area contributed by atoms with E-state index >= 15 is 0 Å². The average molecular weight is 301 g/mol. The molecule has 1 aliphatic rings. The van der Waals surface area contributed by atoms with Crippen LogP contribution >= 0.6 is 0 Å². The summed E-state index contributed by atoms with van der Waals surface area (Å²) in [5, 5.41) is 0.982. The van der Waals surface area contributed by atoms with Gasteiger partial charge in [0.25, 0.3) is 5.91 Å². The van der Waals surface area contributed by atoms with E-state index < -0.39 is 0 Å². The molecule has 1 aliphatic carbocycles. The number of benzene rings is 1.